The Hall–Kier alpha value is 0.202. The molecule has 1 rings (SSSR count). The zero-order valence-corrected chi connectivity index (χ0v) is 12.1. The van der Waals surface area contributed by atoms with E-state index in [-0.39, 0.29) is 8.41 Å². The maximum absolute atomic E-state index is 6.09. The van der Waals surface area contributed by atoms with Gasteiger partial charge in [0.2, 0.25) is 0 Å². The molecule has 0 aliphatic carbocycles. The van der Waals surface area contributed by atoms with Gasteiger partial charge in [-0.25, -0.2) is 0 Å². The minimum absolute atomic E-state index is 0. The first kappa shape index (κ1) is 15.2. The van der Waals surface area contributed by atoms with Crippen molar-refractivity contribution in [1.82, 2.24) is 4.90 Å². The van der Waals surface area contributed by atoms with Crippen molar-refractivity contribution in [3.05, 3.63) is 0 Å². The molecule has 3 radical (unpaired) electrons. The maximum atomic E-state index is 6.09. The lowest BCUT2D eigenvalue weighted by Crippen LogP contribution is -2.41. The van der Waals surface area contributed by atoms with E-state index in [1.165, 1.54) is 6.54 Å². The normalized spacial score (nSPS) is 26.0. The Morgan fingerprint density at radius 3 is 2.13 bits per heavy atom. The summed E-state index contributed by atoms with van der Waals surface area (Å²) in [6.45, 7) is 17.1. The first-order valence-corrected chi connectivity index (χ1v) is 8.53. The van der Waals surface area contributed by atoms with Gasteiger partial charge in [0.25, 0.3) is 0 Å². The fraction of sp³-hybridized carbons (Fsp3) is 1.00. The van der Waals surface area contributed by atoms with Crippen LogP contribution in [0.5, 0.6) is 0 Å². The standard InChI is InChI=1S/C11H25NOSi.B/c1-10-9-12(10)7-8-13-14(5,6)11(2,3)4;/h10H,7-9H2,1-6H3;/t10-,12?;/m1./s1. The van der Waals surface area contributed by atoms with Crippen molar-refractivity contribution < 1.29 is 4.43 Å². The summed E-state index contributed by atoms with van der Waals surface area (Å²) in [6, 6.07) is 0.804. The molecule has 0 N–H and O–H groups in total. The van der Waals surface area contributed by atoms with Crippen LogP contribution in [0.2, 0.25) is 18.1 Å². The van der Waals surface area contributed by atoms with E-state index in [9.17, 15) is 0 Å². The molecule has 0 amide bonds. The highest BCUT2D eigenvalue weighted by atomic mass is 28.4. The van der Waals surface area contributed by atoms with E-state index in [1.807, 2.05) is 0 Å². The van der Waals surface area contributed by atoms with Crippen molar-refractivity contribution in [3.63, 3.8) is 0 Å². The zero-order valence-electron chi connectivity index (χ0n) is 11.1. The molecule has 15 heavy (non-hydrogen) atoms. The van der Waals surface area contributed by atoms with Crippen LogP contribution in [0.4, 0.5) is 0 Å². The van der Waals surface area contributed by atoms with Crippen molar-refractivity contribution in [3.8, 4) is 0 Å². The monoisotopic (exact) mass is 226 g/mol. The second kappa shape index (κ2) is 5.02. The Labute approximate surface area is 98.1 Å². The first-order valence-electron chi connectivity index (χ1n) is 5.62. The van der Waals surface area contributed by atoms with E-state index in [2.05, 4.69) is 45.7 Å². The molecule has 0 aromatic carbocycles. The van der Waals surface area contributed by atoms with Crippen LogP contribution in [0.15, 0.2) is 0 Å². The molecule has 1 aliphatic heterocycles. The van der Waals surface area contributed by atoms with Crippen molar-refractivity contribution in [2.75, 3.05) is 19.7 Å². The lowest BCUT2D eigenvalue weighted by Gasteiger charge is -2.36. The molecule has 1 unspecified atom stereocenters. The summed E-state index contributed by atoms with van der Waals surface area (Å²) in [6.07, 6.45) is 0. The van der Waals surface area contributed by atoms with Gasteiger partial charge in [-0.1, -0.05) is 20.8 Å². The lowest BCUT2D eigenvalue weighted by molar-refractivity contribution is 0.263. The molecule has 0 aromatic heterocycles. The molecule has 0 spiro atoms. The summed E-state index contributed by atoms with van der Waals surface area (Å²) < 4.78 is 6.09. The molecule has 87 valence electrons. The third-order valence-electron chi connectivity index (χ3n) is 3.64. The largest absolute Gasteiger partial charge is 0.416 e. The van der Waals surface area contributed by atoms with Gasteiger partial charge in [-0.3, -0.25) is 4.90 Å². The lowest BCUT2D eigenvalue weighted by atomic mass is 10.2. The molecule has 2 nitrogen and oxygen atoms in total. The number of hydrogen-bond donors (Lipinski definition) is 0. The van der Waals surface area contributed by atoms with Gasteiger partial charge in [-0.15, -0.1) is 0 Å². The van der Waals surface area contributed by atoms with E-state index in [0.29, 0.717) is 5.04 Å². The summed E-state index contributed by atoms with van der Waals surface area (Å²) >= 11 is 0. The molecule has 1 saturated heterocycles. The first-order chi connectivity index (χ1) is 6.24. The van der Waals surface area contributed by atoms with Crippen LogP contribution in [0, 0.1) is 0 Å². The molecule has 2 atom stereocenters. The van der Waals surface area contributed by atoms with E-state index in [0.717, 1.165) is 19.2 Å². The Kier molecular flexibility index (Phi) is 5.09. The van der Waals surface area contributed by atoms with Gasteiger partial charge < -0.3 is 4.43 Å². The summed E-state index contributed by atoms with van der Waals surface area (Å²) in [5, 5.41) is 0.345. The second-order valence-electron chi connectivity index (χ2n) is 5.95. The quantitative estimate of drug-likeness (QED) is 0.538. The minimum atomic E-state index is -1.49. The Bertz CT molecular complexity index is 203. The van der Waals surface area contributed by atoms with Gasteiger partial charge in [0.1, 0.15) is 0 Å². The van der Waals surface area contributed by atoms with Gasteiger partial charge in [-0.2, -0.15) is 0 Å². The predicted octanol–water partition coefficient (Wildman–Crippen LogP) is 2.33. The molecule has 0 aromatic rings. The number of nitrogens with zero attached hydrogens (tertiary/aromatic N) is 1. The summed E-state index contributed by atoms with van der Waals surface area (Å²) in [7, 11) is -1.49. The van der Waals surface area contributed by atoms with Crippen molar-refractivity contribution >= 4 is 16.7 Å². The molecule has 1 fully saturated rings. The van der Waals surface area contributed by atoms with Crippen molar-refractivity contribution in [1.29, 1.82) is 0 Å². The Morgan fingerprint density at radius 2 is 1.80 bits per heavy atom. The van der Waals surface area contributed by atoms with E-state index in [4.69, 9.17) is 4.43 Å². The van der Waals surface area contributed by atoms with Crippen LogP contribution in [0.25, 0.3) is 0 Å². The third-order valence-corrected chi connectivity index (χ3v) is 8.17. The molecule has 1 aliphatic rings. The molecule has 0 bridgehead atoms. The van der Waals surface area contributed by atoms with Crippen LogP contribution in [0.1, 0.15) is 27.7 Å². The van der Waals surface area contributed by atoms with Gasteiger partial charge in [0, 0.05) is 34.2 Å². The van der Waals surface area contributed by atoms with Gasteiger partial charge in [-0.05, 0) is 25.1 Å². The summed E-state index contributed by atoms with van der Waals surface area (Å²) in [5.41, 5.74) is 0. The fourth-order valence-corrected chi connectivity index (χ4v) is 2.27. The van der Waals surface area contributed by atoms with E-state index in [1.54, 1.807) is 0 Å². The van der Waals surface area contributed by atoms with Crippen LogP contribution in [0.3, 0.4) is 0 Å². The SMILES string of the molecule is C[C@@H]1CN1CCO[Si](C)(C)C(C)(C)C.[B]. The smallest absolute Gasteiger partial charge is 0.192 e. The van der Waals surface area contributed by atoms with E-state index < -0.39 is 8.32 Å². The number of rotatable bonds is 4. The molecular formula is C11H25BNOSi. The minimum Gasteiger partial charge on any atom is -0.416 e. The van der Waals surface area contributed by atoms with E-state index >= 15 is 0 Å². The average molecular weight is 226 g/mol. The van der Waals surface area contributed by atoms with Gasteiger partial charge in [0.15, 0.2) is 8.32 Å². The van der Waals surface area contributed by atoms with Gasteiger partial charge in [0.05, 0.1) is 0 Å². The second-order valence-corrected chi connectivity index (χ2v) is 10.8. The highest BCUT2D eigenvalue weighted by Crippen LogP contribution is 2.36. The summed E-state index contributed by atoms with van der Waals surface area (Å²) in [4.78, 5) is 2.45. The highest BCUT2D eigenvalue weighted by Gasteiger charge is 2.37. The summed E-state index contributed by atoms with van der Waals surface area (Å²) in [5.74, 6) is 0. The molecular weight excluding hydrogens is 201 g/mol. The van der Waals surface area contributed by atoms with Crippen LogP contribution in [-0.4, -0.2) is 47.4 Å². The van der Waals surface area contributed by atoms with Crippen molar-refractivity contribution in [2.24, 2.45) is 0 Å². The Morgan fingerprint density at radius 1 is 1.33 bits per heavy atom. The third kappa shape index (κ3) is 4.29. The molecule has 0 saturated carbocycles. The van der Waals surface area contributed by atoms with Crippen LogP contribution in [-0.2, 0) is 4.43 Å². The number of hydrogen-bond acceptors (Lipinski definition) is 2. The average Bonchev–Trinajstić information content (AvgIpc) is 2.63. The fourth-order valence-electron chi connectivity index (χ4n) is 1.24. The maximum Gasteiger partial charge on any atom is 0.192 e. The Balaban J connectivity index is 0.00000196. The highest BCUT2D eigenvalue weighted by molar-refractivity contribution is 6.74. The topological polar surface area (TPSA) is 12.2 Å². The van der Waals surface area contributed by atoms with Crippen LogP contribution < -0.4 is 0 Å². The van der Waals surface area contributed by atoms with Gasteiger partial charge >= 0.3 is 0 Å². The van der Waals surface area contributed by atoms with Crippen molar-refractivity contribution in [2.45, 2.75) is 51.9 Å². The zero-order chi connectivity index (χ0) is 11.0. The van der Waals surface area contributed by atoms with Crippen LogP contribution >= 0.6 is 0 Å². The molecule has 1 heterocycles. The molecule has 4 heteroatoms. The predicted molar refractivity (Wildman–Crippen MR) is 69.9 cm³/mol.